The first-order valence-corrected chi connectivity index (χ1v) is 10.5. The quantitative estimate of drug-likeness (QED) is 0.602. The lowest BCUT2D eigenvalue weighted by atomic mass is 10.1. The molecule has 10 heteroatoms. The molecule has 2 aliphatic rings. The molecule has 0 saturated carbocycles. The second kappa shape index (κ2) is 6.98. The Morgan fingerprint density at radius 2 is 1.93 bits per heavy atom. The van der Waals surface area contributed by atoms with E-state index in [0.29, 0.717) is 54.1 Å². The van der Waals surface area contributed by atoms with Crippen molar-refractivity contribution in [3.05, 3.63) is 47.2 Å². The van der Waals surface area contributed by atoms with Gasteiger partial charge in [0.25, 0.3) is 5.91 Å². The summed E-state index contributed by atoms with van der Waals surface area (Å²) in [6, 6.07) is 5.24. The lowest BCUT2D eigenvalue weighted by molar-refractivity contribution is -0.122. The smallest absolute Gasteiger partial charge is 0.254 e. The molecule has 0 radical (unpaired) electrons. The number of aromatic nitrogens is 4. The molecule has 8 nitrogen and oxygen atoms in total. The number of hydrogen-bond acceptors (Lipinski definition) is 6. The van der Waals surface area contributed by atoms with Crippen molar-refractivity contribution in [3.63, 3.8) is 0 Å². The van der Waals surface area contributed by atoms with E-state index >= 15 is 0 Å². The average Bonchev–Trinajstić information content (AvgIpc) is 3.31. The Kier molecular flexibility index (Phi) is 4.39. The fourth-order valence-electron chi connectivity index (χ4n) is 3.96. The van der Waals surface area contributed by atoms with Gasteiger partial charge < -0.3 is 9.47 Å². The summed E-state index contributed by atoms with van der Waals surface area (Å²) in [4.78, 5) is 37.9. The third-order valence-corrected chi connectivity index (χ3v) is 6.39. The maximum atomic E-state index is 13.3. The van der Waals surface area contributed by atoms with Crippen LogP contribution in [0.25, 0.3) is 10.8 Å². The molecule has 1 saturated heterocycles. The molecule has 0 unspecified atom stereocenters. The van der Waals surface area contributed by atoms with Crippen LogP contribution in [0.15, 0.2) is 24.3 Å². The number of nitrogens with zero attached hydrogens (tertiary/aromatic N) is 6. The number of fused-ring (bicyclic) bond motifs is 1. The van der Waals surface area contributed by atoms with Crippen LogP contribution in [-0.2, 0) is 11.3 Å². The van der Waals surface area contributed by atoms with Gasteiger partial charge >= 0.3 is 0 Å². The van der Waals surface area contributed by atoms with Crippen molar-refractivity contribution in [1.82, 2.24) is 23.8 Å². The van der Waals surface area contributed by atoms with Gasteiger partial charge in [0.05, 0.1) is 11.7 Å². The molecule has 0 N–H and O–H groups in total. The number of halogens is 1. The fourth-order valence-corrected chi connectivity index (χ4v) is 4.63. The molecule has 1 atom stereocenters. The van der Waals surface area contributed by atoms with E-state index in [1.807, 2.05) is 18.4 Å². The van der Waals surface area contributed by atoms with Crippen LogP contribution in [0.4, 0.5) is 10.2 Å². The van der Waals surface area contributed by atoms with Crippen LogP contribution in [0.1, 0.15) is 41.3 Å². The lowest BCUT2D eigenvalue weighted by Crippen LogP contribution is -2.46. The first-order valence-electron chi connectivity index (χ1n) is 9.72. The lowest BCUT2D eigenvalue weighted by Gasteiger charge is -2.37. The van der Waals surface area contributed by atoms with Gasteiger partial charge in [-0.2, -0.15) is 4.37 Å². The van der Waals surface area contributed by atoms with Crippen molar-refractivity contribution in [2.24, 2.45) is 0 Å². The summed E-state index contributed by atoms with van der Waals surface area (Å²) in [5.74, 6) is 1.39. The number of carbonyl (C=O) groups excluding carboxylic acids is 2. The molecule has 0 bridgehead atoms. The summed E-state index contributed by atoms with van der Waals surface area (Å²) in [7, 11) is 0. The number of amides is 2. The van der Waals surface area contributed by atoms with E-state index in [-0.39, 0.29) is 23.7 Å². The number of aryl methyl sites for hydroxylation is 1. The van der Waals surface area contributed by atoms with Gasteiger partial charge in [-0.25, -0.2) is 14.4 Å². The number of rotatable bonds is 3. The fraction of sp³-hybridized carbons (Fsp3) is 0.350. The molecule has 1 fully saturated rings. The van der Waals surface area contributed by atoms with Crippen LogP contribution in [0, 0.1) is 12.7 Å². The summed E-state index contributed by atoms with van der Waals surface area (Å²) >= 11 is 1.27. The van der Waals surface area contributed by atoms with Crippen LogP contribution in [-0.4, -0.2) is 48.7 Å². The second-order valence-corrected chi connectivity index (χ2v) is 8.17. The minimum atomic E-state index is -0.383. The summed E-state index contributed by atoms with van der Waals surface area (Å²) in [5, 5.41) is 0.693. The largest absolute Gasteiger partial charge is 0.328 e. The van der Waals surface area contributed by atoms with Crippen molar-refractivity contribution in [3.8, 4) is 10.8 Å². The Labute approximate surface area is 176 Å². The molecule has 4 heterocycles. The summed E-state index contributed by atoms with van der Waals surface area (Å²) in [6.07, 6.45) is 0.492. The standard InChI is InChI=1S/C20H19FN6O2S/c1-11-16-17(26-8-7-15(26)28)23-18(19-22-12(2)24-30-19)27(16)10-9-25(11)20(29)13-3-5-14(21)6-4-13/h3-6,11H,7-10H2,1-2H3/t11-/m1/s1. The van der Waals surface area contributed by atoms with Gasteiger partial charge in [-0.3, -0.25) is 14.5 Å². The minimum absolute atomic E-state index is 0.0186. The maximum absolute atomic E-state index is 13.3. The molecule has 0 aliphatic carbocycles. The Bertz CT molecular complexity index is 1150. The molecule has 2 aliphatic heterocycles. The van der Waals surface area contributed by atoms with E-state index < -0.39 is 0 Å². The van der Waals surface area contributed by atoms with Gasteiger partial charge in [-0.05, 0) is 49.6 Å². The number of imidazole rings is 1. The molecule has 2 amide bonds. The zero-order valence-corrected chi connectivity index (χ0v) is 17.3. The van der Waals surface area contributed by atoms with Crippen molar-refractivity contribution >= 4 is 29.2 Å². The van der Waals surface area contributed by atoms with Crippen LogP contribution < -0.4 is 4.90 Å². The Morgan fingerprint density at radius 1 is 1.17 bits per heavy atom. The van der Waals surface area contributed by atoms with Crippen LogP contribution in [0.3, 0.4) is 0 Å². The average molecular weight is 426 g/mol. The maximum Gasteiger partial charge on any atom is 0.254 e. The highest BCUT2D eigenvalue weighted by Crippen LogP contribution is 2.39. The third-order valence-electron chi connectivity index (χ3n) is 5.59. The van der Waals surface area contributed by atoms with Gasteiger partial charge in [-0.1, -0.05) is 0 Å². The van der Waals surface area contributed by atoms with Gasteiger partial charge in [0, 0.05) is 31.6 Å². The normalized spacial score (nSPS) is 18.4. The van der Waals surface area contributed by atoms with Crippen LogP contribution in [0.5, 0.6) is 0 Å². The monoisotopic (exact) mass is 426 g/mol. The molecule has 30 heavy (non-hydrogen) atoms. The van der Waals surface area contributed by atoms with Crippen molar-refractivity contribution in [1.29, 1.82) is 0 Å². The first kappa shape index (κ1) is 18.9. The highest BCUT2D eigenvalue weighted by Gasteiger charge is 2.39. The van der Waals surface area contributed by atoms with E-state index in [2.05, 4.69) is 9.36 Å². The predicted octanol–water partition coefficient (Wildman–Crippen LogP) is 2.80. The van der Waals surface area contributed by atoms with Gasteiger partial charge in [0.2, 0.25) is 5.91 Å². The summed E-state index contributed by atoms with van der Waals surface area (Å²) in [5.41, 5.74) is 1.24. The highest BCUT2D eigenvalue weighted by atomic mass is 32.1. The van der Waals surface area contributed by atoms with Gasteiger partial charge in [0.15, 0.2) is 16.6 Å². The summed E-state index contributed by atoms with van der Waals surface area (Å²) < 4.78 is 19.6. The van der Waals surface area contributed by atoms with Crippen LogP contribution >= 0.6 is 11.5 Å². The summed E-state index contributed by atoms with van der Waals surface area (Å²) in [6.45, 7) is 5.35. The minimum Gasteiger partial charge on any atom is -0.328 e. The molecular weight excluding hydrogens is 407 g/mol. The number of anilines is 1. The van der Waals surface area contributed by atoms with Crippen molar-refractivity contribution < 1.29 is 14.0 Å². The molecule has 154 valence electrons. The predicted molar refractivity (Wildman–Crippen MR) is 109 cm³/mol. The van der Waals surface area contributed by atoms with E-state index in [0.717, 1.165) is 5.69 Å². The topological polar surface area (TPSA) is 84.2 Å². The molecule has 3 aromatic rings. The van der Waals surface area contributed by atoms with Gasteiger partial charge in [-0.15, -0.1) is 0 Å². The zero-order chi connectivity index (χ0) is 21.0. The third kappa shape index (κ3) is 2.90. The van der Waals surface area contributed by atoms with Gasteiger partial charge in [0.1, 0.15) is 11.6 Å². The number of carbonyl (C=O) groups is 2. The number of β-lactam (4-membered cyclic amide) rings is 1. The Hall–Kier alpha value is -3.14. The SMILES string of the molecule is Cc1nsc(-c2nc(N3CCC3=O)c3n2CCN(C(=O)c2ccc(F)cc2)[C@@H]3C)n1. The van der Waals surface area contributed by atoms with E-state index in [4.69, 9.17) is 4.98 Å². The van der Waals surface area contributed by atoms with E-state index in [1.165, 1.54) is 35.8 Å². The molecule has 5 rings (SSSR count). The first-order chi connectivity index (χ1) is 14.4. The Morgan fingerprint density at radius 3 is 2.53 bits per heavy atom. The molecule has 0 spiro atoms. The molecule has 1 aromatic carbocycles. The van der Waals surface area contributed by atoms with Crippen LogP contribution in [0.2, 0.25) is 0 Å². The van der Waals surface area contributed by atoms with E-state index in [9.17, 15) is 14.0 Å². The second-order valence-electron chi connectivity index (χ2n) is 7.42. The number of hydrogen-bond donors (Lipinski definition) is 0. The molecular formula is C20H19FN6O2S. The van der Waals surface area contributed by atoms with Crippen molar-refractivity contribution in [2.45, 2.75) is 32.9 Å². The van der Waals surface area contributed by atoms with Crippen molar-refractivity contribution in [2.75, 3.05) is 18.0 Å². The Balaban J connectivity index is 1.57. The molecule has 2 aromatic heterocycles. The van der Waals surface area contributed by atoms with E-state index in [1.54, 1.807) is 9.80 Å². The zero-order valence-electron chi connectivity index (χ0n) is 16.5. The number of benzene rings is 1. The highest BCUT2D eigenvalue weighted by molar-refractivity contribution is 7.09.